The van der Waals surface area contributed by atoms with Crippen LogP contribution in [0.1, 0.15) is 5.56 Å². The number of methoxy groups -OCH3 is 1. The maximum Gasteiger partial charge on any atom is 0.253 e. The second-order valence-electron chi connectivity index (χ2n) is 4.45. The van der Waals surface area contributed by atoms with Gasteiger partial charge in [0.2, 0.25) is 0 Å². The maximum absolute atomic E-state index is 12.0. The van der Waals surface area contributed by atoms with Gasteiger partial charge in [0.05, 0.1) is 25.4 Å². The quantitative estimate of drug-likeness (QED) is 0.910. The van der Waals surface area contributed by atoms with Crippen molar-refractivity contribution in [2.24, 2.45) is 5.73 Å². The predicted octanol–water partition coefficient (Wildman–Crippen LogP) is 1.35. The van der Waals surface area contributed by atoms with E-state index in [1.807, 2.05) is 13.0 Å². The molecule has 0 spiro atoms. The molecule has 1 amide bonds. The van der Waals surface area contributed by atoms with Crippen LogP contribution >= 0.6 is 11.6 Å². The molecule has 0 aromatic heterocycles. The van der Waals surface area contributed by atoms with E-state index >= 15 is 0 Å². The van der Waals surface area contributed by atoms with Gasteiger partial charge in [-0.25, -0.2) is 0 Å². The van der Waals surface area contributed by atoms with Gasteiger partial charge in [0.25, 0.3) is 5.91 Å². The van der Waals surface area contributed by atoms with Gasteiger partial charge in [-0.1, -0.05) is 11.6 Å². The topological polar surface area (TPSA) is 64.8 Å². The summed E-state index contributed by atoms with van der Waals surface area (Å²) in [5.74, 6) is 0.464. The molecule has 1 saturated heterocycles. The van der Waals surface area contributed by atoms with E-state index in [1.54, 1.807) is 18.1 Å². The van der Waals surface area contributed by atoms with E-state index in [0.29, 0.717) is 29.5 Å². The standard InChI is InChI=1S/C13H17ClN2O3/c1-8-3-11(12(18-2)4-10(8)14)16-6-9(5-15)19-7-13(16)17/h3-4,9H,5-7,15H2,1-2H3. The van der Waals surface area contributed by atoms with Gasteiger partial charge in [-0.05, 0) is 18.6 Å². The van der Waals surface area contributed by atoms with Crippen molar-refractivity contribution in [2.75, 3.05) is 31.7 Å². The summed E-state index contributed by atoms with van der Waals surface area (Å²) < 4.78 is 10.6. The number of carbonyl (C=O) groups excluding carboxylic acids is 1. The summed E-state index contributed by atoms with van der Waals surface area (Å²) in [7, 11) is 1.55. The zero-order valence-electron chi connectivity index (χ0n) is 11.0. The van der Waals surface area contributed by atoms with Gasteiger partial charge < -0.3 is 20.1 Å². The minimum absolute atomic E-state index is 0.0344. The van der Waals surface area contributed by atoms with E-state index in [-0.39, 0.29) is 18.6 Å². The minimum atomic E-state index is -0.154. The molecule has 0 radical (unpaired) electrons. The van der Waals surface area contributed by atoms with Crippen LogP contribution in [0, 0.1) is 6.92 Å². The van der Waals surface area contributed by atoms with E-state index in [4.69, 9.17) is 26.8 Å². The molecule has 1 aromatic carbocycles. The first kappa shape index (κ1) is 14.1. The summed E-state index contributed by atoms with van der Waals surface area (Å²) in [6.07, 6.45) is -0.154. The van der Waals surface area contributed by atoms with Crippen LogP contribution in [0.4, 0.5) is 5.69 Å². The van der Waals surface area contributed by atoms with Crippen LogP contribution in [0.15, 0.2) is 12.1 Å². The molecule has 1 aliphatic rings. The summed E-state index contributed by atoms with van der Waals surface area (Å²) in [6.45, 7) is 2.72. The van der Waals surface area contributed by atoms with Gasteiger partial charge >= 0.3 is 0 Å². The molecule has 1 fully saturated rings. The molecule has 2 N–H and O–H groups in total. The Kier molecular flexibility index (Phi) is 4.29. The molecule has 0 aliphatic carbocycles. The van der Waals surface area contributed by atoms with Crippen LogP contribution in [0.5, 0.6) is 5.75 Å². The molecule has 1 unspecified atom stereocenters. The third-order valence-electron chi connectivity index (χ3n) is 3.14. The fourth-order valence-corrected chi connectivity index (χ4v) is 2.18. The van der Waals surface area contributed by atoms with Crippen LogP contribution in [0.2, 0.25) is 5.02 Å². The Morgan fingerprint density at radius 3 is 2.95 bits per heavy atom. The molecule has 104 valence electrons. The van der Waals surface area contributed by atoms with Gasteiger partial charge in [-0.15, -0.1) is 0 Å². The maximum atomic E-state index is 12.0. The number of ether oxygens (including phenoxy) is 2. The highest BCUT2D eigenvalue weighted by atomic mass is 35.5. The average Bonchev–Trinajstić information content (AvgIpc) is 2.42. The van der Waals surface area contributed by atoms with Crippen LogP contribution in [0.25, 0.3) is 0 Å². The summed E-state index contributed by atoms with van der Waals surface area (Å²) in [5, 5.41) is 0.608. The van der Waals surface area contributed by atoms with Crippen LogP contribution in [-0.2, 0) is 9.53 Å². The van der Waals surface area contributed by atoms with Crippen molar-refractivity contribution in [3.05, 3.63) is 22.7 Å². The lowest BCUT2D eigenvalue weighted by molar-refractivity contribution is -0.128. The van der Waals surface area contributed by atoms with Crippen molar-refractivity contribution in [3.63, 3.8) is 0 Å². The Labute approximate surface area is 117 Å². The van der Waals surface area contributed by atoms with E-state index in [0.717, 1.165) is 5.56 Å². The molecule has 0 bridgehead atoms. The summed E-state index contributed by atoms with van der Waals surface area (Å²) >= 11 is 6.07. The van der Waals surface area contributed by atoms with Gasteiger partial charge in [0.15, 0.2) is 0 Å². The zero-order valence-corrected chi connectivity index (χ0v) is 11.7. The predicted molar refractivity (Wildman–Crippen MR) is 73.9 cm³/mol. The highest BCUT2D eigenvalue weighted by molar-refractivity contribution is 6.31. The normalized spacial score (nSPS) is 19.7. The van der Waals surface area contributed by atoms with E-state index in [9.17, 15) is 4.79 Å². The number of benzene rings is 1. The van der Waals surface area contributed by atoms with E-state index in [1.165, 1.54) is 0 Å². The molecule has 19 heavy (non-hydrogen) atoms. The number of nitrogens with zero attached hydrogens (tertiary/aromatic N) is 1. The van der Waals surface area contributed by atoms with Gasteiger partial charge in [0, 0.05) is 17.6 Å². The molecule has 1 aromatic rings. The number of carbonyl (C=O) groups is 1. The molecule has 1 heterocycles. The number of morpholine rings is 1. The van der Waals surface area contributed by atoms with Crippen molar-refractivity contribution in [3.8, 4) is 5.75 Å². The third kappa shape index (κ3) is 2.83. The molecular weight excluding hydrogens is 268 g/mol. The Hall–Kier alpha value is -1.30. The van der Waals surface area contributed by atoms with Crippen LogP contribution in [-0.4, -0.2) is 38.8 Å². The fraction of sp³-hybridized carbons (Fsp3) is 0.462. The van der Waals surface area contributed by atoms with Crippen LogP contribution < -0.4 is 15.4 Å². The highest BCUT2D eigenvalue weighted by Gasteiger charge is 2.28. The Morgan fingerprint density at radius 2 is 2.32 bits per heavy atom. The fourth-order valence-electron chi connectivity index (χ4n) is 2.02. The second kappa shape index (κ2) is 5.77. The molecule has 0 saturated carbocycles. The molecule has 5 nitrogen and oxygen atoms in total. The number of anilines is 1. The highest BCUT2D eigenvalue weighted by Crippen LogP contribution is 2.34. The third-order valence-corrected chi connectivity index (χ3v) is 3.55. The van der Waals surface area contributed by atoms with Crippen molar-refractivity contribution >= 4 is 23.2 Å². The molecule has 1 atom stereocenters. The number of hydrogen-bond donors (Lipinski definition) is 1. The zero-order chi connectivity index (χ0) is 14.0. The monoisotopic (exact) mass is 284 g/mol. The average molecular weight is 285 g/mol. The first-order valence-electron chi connectivity index (χ1n) is 6.03. The first-order chi connectivity index (χ1) is 9.06. The number of aryl methyl sites for hydroxylation is 1. The minimum Gasteiger partial charge on any atom is -0.495 e. The number of halogens is 1. The molecule has 2 rings (SSSR count). The Bertz CT molecular complexity index is 493. The van der Waals surface area contributed by atoms with Crippen molar-refractivity contribution in [2.45, 2.75) is 13.0 Å². The lowest BCUT2D eigenvalue weighted by atomic mass is 10.1. The first-order valence-corrected chi connectivity index (χ1v) is 6.40. The van der Waals surface area contributed by atoms with E-state index < -0.39 is 0 Å². The van der Waals surface area contributed by atoms with E-state index in [2.05, 4.69) is 0 Å². The van der Waals surface area contributed by atoms with Crippen molar-refractivity contribution < 1.29 is 14.3 Å². The smallest absolute Gasteiger partial charge is 0.253 e. The molecule has 1 aliphatic heterocycles. The second-order valence-corrected chi connectivity index (χ2v) is 4.85. The SMILES string of the molecule is COc1cc(Cl)c(C)cc1N1CC(CN)OCC1=O. The van der Waals surface area contributed by atoms with Gasteiger partial charge in [-0.3, -0.25) is 4.79 Å². The van der Waals surface area contributed by atoms with Gasteiger partial charge in [0.1, 0.15) is 12.4 Å². The Morgan fingerprint density at radius 1 is 1.58 bits per heavy atom. The summed E-state index contributed by atoms with van der Waals surface area (Å²) in [6, 6.07) is 3.56. The van der Waals surface area contributed by atoms with Gasteiger partial charge in [-0.2, -0.15) is 0 Å². The summed E-state index contributed by atoms with van der Waals surface area (Å²) in [4.78, 5) is 13.6. The number of amides is 1. The molecule has 6 heteroatoms. The number of rotatable bonds is 3. The lowest BCUT2D eigenvalue weighted by Crippen LogP contribution is -2.49. The van der Waals surface area contributed by atoms with Crippen molar-refractivity contribution in [1.82, 2.24) is 0 Å². The molecular formula is C13H17ClN2O3. The summed E-state index contributed by atoms with van der Waals surface area (Å²) in [5.41, 5.74) is 7.19. The van der Waals surface area contributed by atoms with Crippen LogP contribution in [0.3, 0.4) is 0 Å². The lowest BCUT2D eigenvalue weighted by Gasteiger charge is -2.33. The van der Waals surface area contributed by atoms with Crippen molar-refractivity contribution in [1.29, 1.82) is 0 Å². The number of nitrogens with two attached hydrogens (primary N) is 1. The number of hydrogen-bond acceptors (Lipinski definition) is 4. The largest absolute Gasteiger partial charge is 0.495 e. The Balaban J connectivity index is 2.38.